The molecule has 1 aliphatic carbocycles. The van der Waals surface area contributed by atoms with Crippen LogP contribution >= 0.6 is 0 Å². The lowest BCUT2D eigenvalue weighted by atomic mass is 9.98. The van der Waals surface area contributed by atoms with Gasteiger partial charge in [-0.25, -0.2) is 4.79 Å². The van der Waals surface area contributed by atoms with Crippen LogP contribution in [-0.2, 0) is 14.3 Å². The van der Waals surface area contributed by atoms with E-state index in [0.29, 0.717) is 12.8 Å². The molecule has 182 valence electrons. The van der Waals surface area contributed by atoms with Crippen LogP contribution in [-0.4, -0.2) is 41.8 Å². The van der Waals surface area contributed by atoms with Gasteiger partial charge < -0.3 is 20.5 Å². The van der Waals surface area contributed by atoms with Gasteiger partial charge in [0.05, 0.1) is 0 Å². The number of hydrogen-bond acceptors (Lipinski definition) is 4. The minimum Gasteiger partial charge on any atom is -0.481 e. The Morgan fingerprint density at radius 3 is 2.09 bits per heavy atom. The van der Waals surface area contributed by atoms with Gasteiger partial charge >= 0.3 is 12.1 Å². The van der Waals surface area contributed by atoms with E-state index >= 15 is 0 Å². The smallest absolute Gasteiger partial charge is 0.407 e. The molecule has 0 aliphatic heterocycles. The number of carbonyl (C=O) groups excluding carboxylic acids is 2. The molecule has 3 rings (SSSR count). The fraction of sp³-hybridized carbons (Fsp3) is 0.444. The predicted molar refractivity (Wildman–Crippen MR) is 131 cm³/mol. The number of hydrogen-bond donors (Lipinski definition) is 3. The Kier molecular flexibility index (Phi) is 8.68. The first-order valence-electron chi connectivity index (χ1n) is 11.9. The van der Waals surface area contributed by atoms with Gasteiger partial charge in [0.2, 0.25) is 5.91 Å². The van der Waals surface area contributed by atoms with Crippen molar-refractivity contribution < 1.29 is 24.2 Å². The molecule has 0 spiro atoms. The van der Waals surface area contributed by atoms with Crippen molar-refractivity contribution in [1.82, 2.24) is 10.6 Å². The summed E-state index contributed by atoms with van der Waals surface area (Å²) in [4.78, 5) is 35.7. The SMILES string of the molecule is CC(CCCC(=O)O)NC(=O)CC(NC(=O)OCC1c2ccccc2-c2ccccc21)C(C)C. The number of ether oxygens (including phenoxy) is 1. The van der Waals surface area contributed by atoms with Gasteiger partial charge in [-0.1, -0.05) is 62.4 Å². The Hall–Kier alpha value is -3.35. The largest absolute Gasteiger partial charge is 0.481 e. The molecule has 2 aromatic carbocycles. The Morgan fingerprint density at radius 2 is 1.53 bits per heavy atom. The third-order valence-corrected chi connectivity index (χ3v) is 6.29. The highest BCUT2D eigenvalue weighted by Crippen LogP contribution is 2.44. The van der Waals surface area contributed by atoms with Gasteiger partial charge in [-0.15, -0.1) is 0 Å². The van der Waals surface area contributed by atoms with Crippen LogP contribution in [0.4, 0.5) is 4.79 Å². The monoisotopic (exact) mass is 466 g/mol. The standard InChI is InChI=1S/C27H34N2O5/c1-17(2)24(15-25(30)28-18(3)9-8-14-26(31)32)29-27(33)34-16-23-21-12-6-4-10-19(21)20-11-5-7-13-22(20)23/h4-7,10-13,17-18,23-24H,8-9,14-16H2,1-3H3,(H,28,30)(H,29,33)(H,31,32). The van der Waals surface area contributed by atoms with Crippen LogP contribution in [0.15, 0.2) is 48.5 Å². The number of rotatable bonds is 11. The van der Waals surface area contributed by atoms with Gasteiger partial charge in [-0.3, -0.25) is 9.59 Å². The van der Waals surface area contributed by atoms with Crippen LogP contribution in [0.2, 0.25) is 0 Å². The molecule has 2 amide bonds. The maximum atomic E-state index is 12.6. The summed E-state index contributed by atoms with van der Waals surface area (Å²) >= 11 is 0. The molecule has 2 unspecified atom stereocenters. The maximum Gasteiger partial charge on any atom is 0.407 e. The molecular weight excluding hydrogens is 432 g/mol. The number of alkyl carbamates (subject to hydrolysis) is 1. The van der Waals surface area contributed by atoms with E-state index in [0.717, 1.165) is 11.1 Å². The van der Waals surface area contributed by atoms with Crippen molar-refractivity contribution in [3.05, 3.63) is 59.7 Å². The van der Waals surface area contributed by atoms with Gasteiger partial charge in [0.25, 0.3) is 0 Å². The van der Waals surface area contributed by atoms with Crippen LogP contribution in [0.1, 0.15) is 63.5 Å². The quantitative estimate of drug-likeness (QED) is 0.445. The molecule has 0 heterocycles. The minimum atomic E-state index is -0.842. The lowest BCUT2D eigenvalue weighted by molar-refractivity contribution is -0.137. The fourth-order valence-electron chi connectivity index (χ4n) is 4.41. The summed E-state index contributed by atoms with van der Waals surface area (Å²) in [5.74, 6) is -1.01. The number of benzene rings is 2. The topological polar surface area (TPSA) is 105 Å². The molecule has 2 aromatic rings. The van der Waals surface area contributed by atoms with Gasteiger partial charge in [0.15, 0.2) is 0 Å². The zero-order valence-electron chi connectivity index (χ0n) is 20.0. The van der Waals surface area contributed by atoms with E-state index in [2.05, 4.69) is 34.9 Å². The molecule has 34 heavy (non-hydrogen) atoms. The van der Waals surface area contributed by atoms with Crippen molar-refractivity contribution in [2.75, 3.05) is 6.61 Å². The molecule has 0 aromatic heterocycles. The summed E-state index contributed by atoms with van der Waals surface area (Å²) in [6, 6.07) is 15.8. The van der Waals surface area contributed by atoms with Crippen LogP contribution in [0, 0.1) is 5.92 Å². The first-order valence-corrected chi connectivity index (χ1v) is 11.9. The van der Waals surface area contributed by atoms with E-state index in [1.807, 2.05) is 45.0 Å². The van der Waals surface area contributed by atoms with Gasteiger partial charge in [-0.05, 0) is 47.9 Å². The number of aliphatic carboxylic acids is 1. The summed E-state index contributed by atoms with van der Waals surface area (Å²) < 4.78 is 5.62. The second-order valence-corrected chi connectivity index (χ2v) is 9.28. The lowest BCUT2D eigenvalue weighted by Gasteiger charge is -2.23. The maximum absolute atomic E-state index is 12.6. The number of amides is 2. The molecule has 1 aliphatic rings. The van der Waals surface area contributed by atoms with Crippen molar-refractivity contribution in [1.29, 1.82) is 0 Å². The van der Waals surface area contributed by atoms with Crippen molar-refractivity contribution >= 4 is 18.0 Å². The lowest BCUT2D eigenvalue weighted by Crippen LogP contribution is -2.44. The third kappa shape index (κ3) is 6.59. The van der Waals surface area contributed by atoms with Crippen LogP contribution in [0.5, 0.6) is 0 Å². The number of fused-ring (bicyclic) bond motifs is 3. The van der Waals surface area contributed by atoms with E-state index in [9.17, 15) is 14.4 Å². The average molecular weight is 467 g/mol. The number of carboxylic acid groups (broad SMARTS) is 1. The van der Waals surface area contributed by atoms with Crippen LogP contribution in [0.3, 0.4) is 0 Å². The molecule has 7 heteroatoms. The molecule has 0 bridgehead atoms. The third-order valence-electron chi connectivity index (χ3n) is 6.29. The molecule has 0 saturated heterocycles. The molecule has 7 nitrogen and oxygen atoms in total. The molecule has 0 saturated carbocycles. The first kappa shape index (κ1) is 25.3. The van der Waals surface area contributed by atoms with Crippen LogP contribution in [0.25, 0.3) is 11.1 Å². The van der Waals surface area contributed by atoms with E-state index in [1.54, 1.807) is 0 Å². The van der Waals surface area contributed by atoms with Gasteiger partial charge in [-0.2, -0.15) is 0 Å². The normalized spacial score (nSPS) is 14.1. The fourth-order valence-corrected chi connectivity index (χ4v) is 4.41. The van der Waals surface area contributed by atoms with E-state index < -0.39 is 12.1 Å². The summed E-state index contributed by atoms with van der Waals surface area (Å²) in [6.07, 6.45) is 0.762. The minimum absolute atomic E-state index is 0.0226. The summed E-state index contributed by atoms with van der Waals surface area (Å²) in [5, 5.41) is 14.5. The number of carboxylic acids is 1. The molecule has 3 N–H and O–H groups in total. The second-order valence-electron chi connectivity index (χ2n) is 9.28. The van der Waals surface area contributed by atoms with E-state index in [-0.39, 0.29) is 49.3 Å². The number of nitrogens with one attached hydrogen (secondary N) is 2. The Bertz CT molecular complexity index is 974. The molecule has 0 fully saturated rings. The molecule has 2 atom stereocenters. The Morgan fingerprint density at radius 1 is 0.941 bits per heavy atom. The first-order chi connectivity index (χ1) is 16.3. The van der Waals surface area contributed by atoms with E-state index in [1.165, 1.54) is 11.1 Å². The Labute approximate surface area is 200 Å². The zero-order valence-corrected chi connectivity index (χ0v) is 20.0. The Balaban J connectivity index is 1.53. The van der Waals surface area contributed by atoms with E-state index in [4.69, 9.17) is 9.84 Å². The highest BCUT2D eigenvalue weighted by atomic mass is 16.5. The molecule has 0 radical (unpaired) electrons. The number of carbonyl (C=O) groups is 3. The van der Waals surface area contributed by atoms with Gasteiger partial charge in [0, 0.05) is 30.8 Å². The van der Waals surface area contributed by atoms with Crippen molar-refractivity contribution in [3.8, 4) is 11.1 Å². The summed E-state index contributed by atoms with van der Waals surface area (Å²) in [7, 11) is 0. The highest BCUT2D eigenvalue weighted by molar-refractivity contribution is 5.79. The van der Waals surface area contributed by atoms with Crippen molar-refractivity contribution in [2.24, 2.45) is 5.92 Å². The van der Waals surface area contributed by atoms with Gasteiger partial charge in [0.1, 0.15) is 6.61 Å². The average Bonchev–Trinajstić information content (AvgIpc) is 3.10. The summed E-state index contributed by atoms with van der Waals surface area (Å²) in [5.41, 5.74) is 4.63. The zero-order chi connectivity index (χ0) is 24.7. The molecular formula is C27H34N2O5. The highest BCUT2D eigenvalue weighted by Gasteiger charge is 2.29. The van der Waals surface area contributed by atoms with Crippen LogP contribution < -0.4 is 10.6 Å². The van der Waals surface area contributed by atoms with Crippen molar-refractivity contribution in [2.45, 2.75) is 64.5 Å². The summed E-state index contributed by atoms with van der Waals surface area (Å²) in [6.45, 7) is 5.95. The predicted octanol–water partition coefficient (Wildman–Crippen LogP) is 4.70. The van der Waals surface area contributed by atoms with Crippen molar-refractivity contribution in [3.63, 3.8) is 0 Å². The second kappa shape index (κ2) is 11.7.